The average Bonchev–Trinajstić information content (AvgIpc) is 2.68. The number of Topliss-reactive ketones (excluding diaryl/α,β-unsaturated/α-hetero) is 1. The fourth-order valence-corrected chi connectivity index (χ4v) is 4.06. The predicted molar refractivity (Wildman–Crippen MR) is 99.8 cm³/mol. The summed E-state index contributed by atoms with van der Waals surface area (Å²) in [4.78, 5) is 13.2. The summed E-state index contributed by atoms with van der Waals surface area (Å²) in [5, 5.41) is 4.80. The topological polar surface area (TPSA) is 20.9 Å². The molecule has 1 heterocycles. The first-order valence-electron chi connectivity index (χ1n) is 8.76. The molecule has 0 amide bonds. The number of hydrogen-bond acceptors (Lipinski definition) is 1. The molecule has 0 saturated heterocycles. The van der Waals surface area contributed by atoms with Gasteiger partial charge in [0.1, 0.15) is 0 Å². The van der Waals surface area contributed by atoms with Crippen molar-refractivity contribution < 1.29 is 9.36 Å². The van der Waals surface area contributed by atoms with Crippen LogP contribution in [0.2, 0.25) is 0 Å². The molecule has 0 aliphatic heterocycles. The Morgan fingerprint density at radius 2 is 1.56 bits per heavy atom. The molecule has 1 aromatic heterocycles. The summed E-state index contributed by atoms with van der Waals surface area (Å²) >= 11 is 0. The van der Waals surface area contributed by atoms with Gasteiger partial charge in [-0.25, -0.2) is 0 Å². The molecule has 3 aromatic carbocycles. The highest BCUT2D eigenvalue weighted by molar-refractivity contribution is 6.05. The number of hydrogen-bond donors (Lipinski definition) is 0. The maximum absolute atomic E-state index is 13.2. The molecule has 1 atom stereocenters. The van der Waals surface area contributed by atoms with Crippen LogP contribution in [0.25, 0.3) is 21.5 Å². The van der Waals surface area contributed by atoms with E-state index in [0.29, 0.717) is 0 Å². The fraction of sp³-hybridized carbons (Fsp3) is 0.130. The number of aryl methyl sites for hydroxylation is 1. The lowest BCUT2D eigenvalue weighted by Crippen LogP contribution is -2.45. The van der Waals surface area contributed by atoms with Crippen molar-refractivity contribution in [3.63, 3.8) is 0 Å². The van der Waals surface area contributed by atoms with Crippen molar-refractivity contribution in [2.45, 2.75) is 18.9 Å². The van der Waals surface area contributed by atoms with E-state index in [4.69, 9.17) is 0 Å². The number of carbonyl (C=O) groups is 1. The minimum absolute atomic E-state index is 0.113. The minimum Gasteiger partial charge on any atom is -0.287 e. The van der Waals surface area contributed by atoms with Crippen molar-refractivity contribution in [2.24, 2.45) is 0 Å². The van der Waals surface area contributed by atoms with Crippen molar-refractivity contribution in [3.05, 3.63) is 90.3 Å². The maximum Gasteiger partial charge on any atom is 0.230 e. The Morgan fingerprint density at radius 3 is 2.44 bits per heavy atom. The van der Waals surface area contributed by atoms with Gasteiger partial charge in [0.15, 0.2) is 12.4 Å². The van der Waals surface area contributed by atoms with Gasteiger partial charge in [-0.1, -0.05) is 54.6 Å². The zero-order valence-electron chi connectivity index (χ0n) is 13.9. The van der Waals surface area contributed by atoms with Gasteiger partial charge in [0.2, 0.25) is 11.8 Å². The number of fused-ring (bicyclic) bond motifs is 4. The molecular weight excluding hydrogens is 306 g/mol. The summed E-state index contributed by atoms with van der Waals surface area (Å²) in [5.74, 6) is 0.229. The highest BCUT2D eigenvalue weighted by Crippen LogP contribution is 2.31. The Balaban J connectivity index is 1.61. The Morgan fingerprint density at radius 1 is 0.800 bits per heavy atom. The first-order valence-corrected chi connectivity index (χ1v) is 8.76. The summed E-state index contributed by atoms with van der Waals surface area (Å²) in [5.41, 5.74) is 2.09. The van der Waals surface area contributed by atoms with E-state index in [1.54, 1.807) is 0 Å². The van der Waals surface area contributed by atoms with Gasteiger partial charge in [0.25, 0.3) is 0 Å². The zero-order valence-corrected chi connectivity index (χ0v) is 13.9. The van der Waals surface area contributed by atoms with Crippen LogP contribution < -0.4 is 4.57 Å². The van der Waals surface area contributed by atoms with Crippen molar-refractivity contribution in [1.82, 2.24) is 0 Å². The molecule has 25 heavy (non-hydrogen) atoms. The quantitative estimate of drug-likeness (QED) is 0.467. The third-order valence-electron chi connectivity index (χ3n) is 5.35. The van der Waals surface area contributed by atoms with Crippen LogP contribution in [0.4, 0.5) is 0 Å². The normalized spacial score (nSPS) is 17.0. The molecule has 1 aliphatic rings. The average molecular weight is 324 g/mol. The summed E-state index contributed by atoms with van der Waals surface area (Å²) < 4.78 is 2.09. The van der Waals surface area contributed by atoms with E-state index in [2.05, 4.69) is 53.2 Å². The summed E-state index contributed by atoms with van der Waals surface area (Å²) in [7, 11) is 0. The van der Waals surface area contributed by atoms with E-state index in [9.17, 15) is 4.79 Å². The highest BCUT2D eigenvalue weighted by Gasteiger charge is 2.34. The van der Waals surface area contributed by atoms with Gasteiger partial charge >= 0.3 is 0 Å². The van der Waals surface area contributed by atoms with Gasteiger partial charge in [-0.15, -0.1) is 0 Å². The van der Waals surface area contributed by atoms with Gasteiger partial charge in [0, 0.05) is 23.4 Å². The predicted octanol–water partition coefficient (Wildman–Crippen LogP) is 4.65. The highest BCUT2D eigenvalue weighted by atomic mass is 16.1. The van der Waals surface area contributed by atoms with E-state index in [1.807, 2.05) is 30.5 Å². The number of pyridine rings is 1. The standard InChI is InChI=1S/C23H18NO/c25-23-21-10-9-17-6-3-4-8-19(17)20(21)11-12-22(23)24-14-13-16-5-1-2-7-18(16)15-24/h1-10,13-15,22H,11-12H2/q+1/t22-/m1/s1. The third kappa shape index (κ3) is 2.25. The third-order valence-corrected chi connectivity index (χ3v) is 5.35. The summed E-state index contributed by atoms with van der Waals surface area (Å²) in [6.07, 6.45) is 5.93. The molecule has 0 unspecified atom stereocenters. The second kappa shape index (κ2) is 5.52. The molecule has 120 valence electrons. The van der Waals surface area contributed by atoms with Crippen LogP contribution in [0.3, 0.4) is 0 Å². The van der Waals surface area contributed by atoms with Crippen LogP contribution in [-0.2, 0) is 6.42 Å². The lowest BCUT2D eigenvalue weighted by Gasteiger charge is -2.21. The molecule has 2 heteroatoms. The lowest BCUT2D eigenvalue weighted by molar-refractivity contribution is -0.707. The largest absolute Gasteiger partial charge is 0.287 e. The molecule has 0 fully saturated rings. The number of nitrogens with zero attached hydrogens (tertiary/aromatic N) is 1. The molecule has 0 N–H and O–H groups in total. The first kappa shape index (κ1) is 14.4. The van der Waals surface area contributed by atoms with Crippen LogP contribution in [0.1, 0.15) is 28.4 Å². The number of ketones is 1. The second-order valence-corrected chi connectivity index (χ2v) is 6.75. The Hall–Kier alpha value is -3.00. The SMILES string of the molecule is O=C1c2ccc3ccccc3c2CC[C@H]1[n+]1ccc2ccccc2c1. The lowest BCUT2D eigenvalue weighted by atomic mass is 9.84. The van der Waals surface area contributed by atoms with Crippen molar-refractivity contribution >= 4 is 27.3 Å². The van der Waals surface area contributed by atoms with Gasteiger partial charge in [-0.3, -0.25) is 4.79 Å². The smallest absolute Gasteiger partial charge is 0.230 e. The molecular formula is C23H18NO+. The van der Waals surface area contributed by atoms with Gasteiger partial charge in [0.05, 0.1) is 0 Å². The van der Waals surface area contributed by atoms with Gasteiger partial charge < -0.3 is 0 Å². The molecule has 0 saturated carbocycles. The van der Waals surface area contributed by atoms with Crippen LogP contribution >= 0.6 is 0 Å². The number of aromatic nitrogens is 1. The fourth-order valence-electron chi connectivity index (χ4n) is 4.06. The van der Waals surface area contributed by atoms with Crippen LogP contribution in [0.5, 0.6) is 0 Å². The molecule has 0 bridgehead atoms. The molecule has 5 rings (SSSR count). The van der Waals surface area contributed by atoms with Crippen LogP contribution in [0, 0.1) is 0 Å². The van der Waals surface area contributed by atoms with Crippen molar-refractivity contribution in [2.75, 3.05) is 0 Å². The van der Waals surface area contributed by atoms with Crippen LogP contribution in [-0.4, -0.2) is 5.78 Å². The Kier molecular flexibility index (Phi) is 3.17. The second-order valence-electron chi connectivity index (χ2n) is 6.75. The maximum atomic E-state index is 13.2. The summed E-state index contributed by atoms with van der Waals surface area (Å²) in [6.45, 7) is 0. The van der Waals surface area contributed by atoms with Crippen LogP contribution in [0.15, 0.2) is 79.1 Å². The van der Waals surface area contributed by atoms with Gasteiger partial charge in [-0.05, 0) is 34.2 Å². The monoisotopic (exact) mass is 324 g/mol. The van der Waals surface area contributed by atoms with E-state index in [0.717, 1.165) is 18.4 Å². The van der Waals surface area contributed by atoms with Crippen molar-refractivity contribution in [1.29, 1.82) is 0 Å². The van der Waals surface area contributed by atoms with E-state index in [1.165, 1.54) is 27.1 Å². The molecule has 1 aliphatic carbocycles. The van der Waals surface area contributed by atoms with E-state index >= 15 is 0 Å². The van der Waals surface area contributed by atoms with Crippen molar-refractivity contribution in [3.8, 4) is 0 Å². The van der Waals surface area contributed by atoms with E-state index in [-0.39, 0.29) is 11.8 Å². The molecule has 0 radical (unpaired) electrons. The molecule has 2 nitrogen and oxygen atoms in total. The minimum atomic E-state index is -0.113. The zero-order chi connectivity index (χ0) is 16.8. The Labute approximate surface area is 146 Å². The number of carbonyl (C=O) groups excluding carboxylic acids is 1. The number of benzene rings is 3. The van der Waals surface area contributed by atoms with Gasteiger partial charge in [-0.2, -0.15) is 4.57 Å². The molecule has 0 spiro atoms. The van der Waals surface area contributed by atoms with E-state index < -0.39 is 0 Å². The Bertz CT molecular complexity index is 1130. The molecule has 4 aromatic rings. The summed E-state index contributed by atoms with van der Waals surface area (Å²) in [6, 6.07) is 22.7. The first-order chi connectivity index (χ1) is 12.3. The number of rotatable bonds is 1.